The van der Waals surface area contributed by atoms with Crippen molar-refractivity contribution in [3.05, 3.63) is 0 Å². The lowest BCUT2D eigenvalue weighted by molar-refractivity contribution is -0.127. The largest absolute Gasteiger partial charge is 0.353 e. The van der Waals surface area contributed by atoms with Crippen LogP contribution in [0.1, 0.15) is 33.1 Å². The summed E-state index contributed by atoms with van der Waals surface area (Å²) < 4.78 is 0. The SMILES string of the molecule is CCC1CC1NC(=O)CC(C)=O. The summed E-state index contributed by atoms with van der Waals surface area (Å²) in [5.41, 5.74) is 0. The first kappa shape index (κ1) is 9.23. The van der Waals surface area contributed by atoms with E-state index in [1.807, 2.05) is 0 Å². The molecule has 1 rings (SSSR count). The number of amides is 1. The number of ketones is 1. The zero-order chi connectivity index (χ0) is 9.14. The van der Waals surface area contributed by atoms with Gasteiger partial charge in [0.15, 0.2) is 0 Å². The van der Waals surface area contributed by atoms with Crippen LogP contribution in [0.5, 0.6) is 0 Å². The van der Waals surface area contributed by atoms with E-state index in [-0.39, 0.29) is 18.1 Å². The lowest BCUT2D eigenvalue weighted by Gasteiger charge is -2.00. The number of carbonyl (C=O) groups excluding carboxylic acids is 2. The smallest absolute Gasteiger partial charge is 0.227 e. The molecule has 2 atom stereocenters. The molecule has 3 heteroatoms. The Hall–Kier alpha value is -0.860. The Balaban J connectivity index is 2.16. The maximum atomic E-state index is 11.0. The highest BCUT2D eigenvalue weighted by Crippen LogP contribution is 2.32. The van der Waals surface area contributed by atoms with Crippen molar-refractivity contribution < 1.29 is 9.59 Å². The molecule has 0 spiro atoms. The molecule has 0 bridgehead atoms. The average molecular weight is 169 g/mol. The van der Waals surface area contributed by atoms with Crippen molar-refractivity contribution >= 4 is 11.7 Å². The Bertz CT molecular complexity index is 201. The maximum absolute atomic E-state index is 11.0. The van der Waals surface area contributed by atoms with E-state index in [0.717, 1.165) is 12.8 Å². The Kier molecular flexibility index (Phi) is 2.84. The molecule has 68 valence electrons. The number of Topliss-reactive ketones (excluding diaryl/α,β-unsaturated/α-hetero) is 1. The lowest BCUT2D eigenvalue weighted by atomic mass is 10.3. The van der Waals surface area contributed by atoms with Gasteiger partial charge in [0.2, 0.25) is 5.91 Å². The molecule has 0 saturated heterocycles. The topological polar surface area (TPSA) is 46.2 Å². The summed E-state index contributed by atoms with van der Waals surface area (Å²) in [6.07, 6.45) is 2.23. The second-order valence-corrected chi connectivity index (χ2v) is 3.46. The van der Waals surface area contributed by atoms with Crippen LogP contribution in [0.25, 0.3) is 0 Å². The fraction of sp³-hybridized carbons (Fsp3) is 0.778. The number of rotatable bonds is 4. The maximum Gasteiger partial charge on any atom is 0.227 e. The van der Waals surface area contributed by atoms with E-state index in [0.29, 0.717) is 12.0 Å². The minimum atomic E-state index is -0.122. The Morgan fingerprint density at radius 1 is 1.50 bits per heavy atom. The van der Waals surface area contributed by atoms with E-state index < -0.39 is 0 Å². The summed E-state index contributed by atoms with van der Waals surface area (Å²) in [4.78, 5) is 21.6. The van der Waals surface area contributed by atoms with Gasteiger partial charge in [0.1, 0.15) is 5.78 Å². The minimum absolute atomic E-state index is 0.0347. The molecule has 1 fully saturated rings. The van der Waals surface area contributed by atoms with Crippen LogP contribution in [0.3, 0.4) is 0 Å². The summed E-state index contributed by atoms with van der Waals surface area (Å²) in [6, 6.07) is 0.349. The average Bonchev–Trinajstić information content (AvgIpc) is 2.65. The van der Waals surface area contributed by atoms with Crippen molar-refractivity contribution in [2.24, 2.45) is 5.92 Å². The van der Waals surface area contributed by atoms with Gasteiger partial charge < -0.3 is 5.32 Å². The predicted molar refractivity (Wildman–Crippen MR) is 45.6 cm³/mol. The lowest BCUT2D eigenvalue weighted by Crippen LogP contribution is -2.28. The molecule has 0 heterocycles. The predicted octanol–water partition coefficient (Wildman–Crippen LogP) is 0.880. The van der Waals surface area contributed by atoms with Crippen molar-refractivity contribution in [1.29, 1.82) is 0 Å². The van der Waals surface area contributed by atoms with Crippen molar-refractivity contribution in [2.75, 3.05) is 0 Å². The molecule has 12 heavy (non-hydrogen) atoms. The fourth-order valence-corrected chi connectivity index (χ4v) is 1.36. The van der Waals surface area contributed by atoms with Gasteiger partial charge in [0.05, 0.1) is 6.42 Å². The third kappa shape index (κ3) is 2.64. The van der Waals surface area contributed by atoms with Crippen molar-refractivity contribution in [3.8, 4) is 0 Å². The molecule has 2 unspecified atom stereocenters. The van der Waals surface area contributed by atoms with Crippen LogP contribution in [0, 0.1) is 5.92 Å². The van der Waals surface area contributed by atoms with Gasteiger partial charge in [-0.3, -0.25) is 9.59 Å². The first-order valence-electron chi connectivity index (χ1n) is 4.42. The molecule has 1 amide bonds. The molecule has 0 aliphatic heterocycles. The Labute approximate surface area is 72.5 Å². The normalized spacial score (nSPS) is 26.5. The molecule has 0 aromatic rings. The molecule has 0 aromatic heterocycles. The van der Waals surface area contributed by atoms with Gasteiger partial charge in [0, 0.05) is 6.04 Å². The zero-order valence-corrected chi connectivity index (χ0v) is 7.59. The van der Waals surface area contributed by atoms with Crippen LogP contribution >= 0.6 is 0 Å². The number of nitrogens with one attached hydrogen (secondary N) is 1. The molecule has 1 aliphatic carbocycles. The first-order chi connectivity index (χ1) is 5.63. The highest BCUT2D eigenvalue weighted by Gasteiger charge is 2.36. The van der Waals surface area contributed by atoms with Crippen LogP contribution in [0.4, 0.5) is 0 Å². The quantitative estimate of drug-likeness (QED) is 0.635. The Morgan fingerprint density at radius 3 is 2.58 bits per heavy atom. The van der Waals surface area contributed by atoms with Gasteiger partial charge in [0.25, 0.3) is 0 Å². The van der Waals surface area contributed by atoms with Gasteiger partial charge in [-0.2, -0.15) is 0 Å². The molecule has 1 aliphatic rings. The second kappa shape index (κ2) is 3.70. The molecule has 0 aromatic carbocycles. The van der Waals surface area contributed by atoms with E-state index in [4.69, 9.17) is 0 Å². The highest BCUT2D eigenvalue weighted by atomic mass is 16.2. The minimum Gasteiger partial charge on any atom is -0.353 e. The van der Waals surface area contributed by atoms with E-state index >= 15 is 0 Å². The van der Waals surface area contributed by atoms with Crippen LogP contribution in [-0.2, 0) is 9.59 Å². The Morgan fingerprint density at radius 2 is 2.17 bits per heavy atom. The summed E-state index contributed by atoms with van der Waals surface area (Å²) in [6.45, 7) is 3.55. The number of carbonyl (C=O) groups is 2. The monoisotopic (exact) mass is 169 g/mol. The molecular weight excluding hydrogens is 154 g/mol. The van der Waals surface area contributed by atoms with Crippen molar-refractivity contribution in [1.82, 2.24) is 5.32 Å². The van der Waals surface area contributed by atoms with Gasteiger partial charge in [-0.15, -0.1) is 0 Å². The van der Waals surface area contributed by atoms with E-state index in [1.165, 1.54) is 6.92 Å². The molecule has 3 nitrogen and oxygen atoms in total. The van der Waals surface area contributed by atoms with Crippen molar-refractivity contribution in [3.63, 3.8) is 0 Å². The van der Waals surface area contributed by atoms with Crippen LogP contribution < -0.4 is 5.32 Å². The van der Waals surface area contributed by atoms with Gasteiger partial charge >= 0.3 is 0 Å². The first-order valence-corrected chi connectivity index (χ1v) is 4.42. The third-order valence-electron chi connectivity index (χ3n) is 2.20. The number of hydrogen-bond donors (Lipinski definition) is 1. The zero-order valence-electron chi connectivity index (χ0n) is 7.59. The second-order valence-electron chi connectivity index (χ2n) is 3.46. The molecule has 1 N–H and O–H groups in total. The van der Waals surface area contributed by atoms with Crippen LogP contribution in [-0.4, -0.2) is 17.7 Å². The number of hydrogen-bond acceptors (Lipinski definition) is 2. The molecular formula is C9H15NO2. The summed E-state index contributed by atoms with van der Waals surface area (Å²) in [7, 11) is 0. The third-order valence-corrected chi connectivity index (χ3v) is 2.20. The van der Waals surface area contributed by atoms with E-state index in [9.17, 15) is 9.59 Å². The van der Waals surface area contributed by atoms with Crippen LogP contribution in [0.15, 0.2) is 0 Å². The van der Waals surface area contributed by atoms with E-state index in [2.05, 4.69) is 12.2 Å². The standard InChI is InChI=1S/C9H15NO2/c1-3-7-5-8(7)10-9(12)4-6(2)11/h7-8H,3-5H2,1-2H3,(H,10,12). The molecule has 1 saturated carbocycles. The fourth-order valence-electron chi connectivity index (χ4n) is 1.36. The van der Waals surface area contributed by atoms with Gasteiger partial charge in [-0.05, 0) is 19.3 Å². The van der Waals surface area contributed by atoms with Gasteiger partial charge in [-0.1, -0.05) is 13.3 Å². The highest BCUT2D eigenvalue weighted by molar-refractivity contribution is 5.96. The molecule has 0 radical (unpaired) electrons. The van der Waals surface area contributed by atoms with Gasteiger partial charge in [-0.25, -0.2) is 0 Å². The van der Waals surface area contributed by atoms with E-state index in [1.54, 1.807) is 0 Å². The summed E-state index contributed by atoms with van der Waals surface area (Å²) >= 11 is 0. The van der Waals surface area contributed by atoms with Crippen LogP contribution in [0.2, 0.25) is 0 Å². The summed E-state index contributed by atoms with van der Waals surface area (Å²) in [5.74, 6) is 0.463. The van der Waals surface area contributed by atoms with Crippen molar-refractivity contribution in [2.45, 2.75) is 39.2 Å². The summed E-state index contributed by atoms with van der Waals surface area (Å²) in [5, 5.41) is 2.83.